The summed E-state index contributed by atoms with van der Waals surface area (Å²) in [5, 5.41) is 0. The monoisotopic (exact) mass is 182 g/mol. The van der Waals surface area contributed by atoms with E-state index >= 15 is 0 Å². The lowest BCUT2D eigenvalue weighted by atomic mass is 10.5. The lowest BCUT2D eigenvalue weighted by Crippen LogP contribution is -2.19. The van der Waals surface area contributed by atoms with Crippen molar-refractivity contribution in [2.45, 2.75) is 12.6 Å². The molecule has 0 fully saturated rings. The van der Waals surface area contributed by atoms with Gasteiger partial charge in [0.15, 0.2) is 5.66 Å². The van der Waals surface area contributed by atoms with Crippen LogP contribution >= 0.6 is 7.60 Å². The summed E-state index contributed by atoms with van der Waals surface area (Å²) in [6, 6.07) is 0. The summed E-state index contributed by atoms with van der Waals surface area (Å²) in [5.74, 6) is -0.752. The van der Waals surface area contributed by atoms with Gasteiger partial charge in [-0.05, 0) is 6.92 Å². The first-order valence-corrected chi connectivity index (χ1v) is 4.56. The van der Waals surface area contributed by atoms with E-state index in [0.717, 1.165) is 14.2 Å². The van der Waals surface area contributed by atoms with Gasteiger partial charge in [0.05, 0.1) is 7.11 Å². The van der Waals surface area contributed by atoms with Gasteiger partial charge in [0.25, 0.3) is 0 Å². The van der Waals surface area contributed by atoms with Crippen LogP contribution in [0.4, 0.5) is 0 Å². The summed E-state index contributed by atoms with van der Waals surface area (Å²) in [5.41, 5.74) is -1.13. The smallest absolute Gasteiger partial charge is 0.341 e. The summed E-state index contributed by atoms with van der Waals surface area (Å²) in [7, 11) is -1.59. The number of carbonyl (C=O) groups is 1. The molecule has 0 spiro atoms. The fourth-order valence-electron chi connectivity index (χ4n) is 0.462. The average Bonchev–Trinajstić information content (AvgIpc) is 2.01. The van der Waals surface area contributed by atoms with E-state index in [4.69, 9.17) is 4.89 Å². The van der Waals surface area contributed by atoms with E-state index in [-0.39, 0.29) is 0 Å². The first-order chi connectivity index (χ1) is 4.95. The van der Waals surface area contributed by atoms with Crippen molar-refractivity contribution in [1.82, 2.24) is 0 Å². The summed E-state index contributed by atoms with van der Waals surface area (Å²) in [6.07, 6.45) is 0. The lowest BCUT2D eigenvalue weighted by Gasteiger charge is -2.13. The molecule has 0 saturated carbocycles. The standard InChI is InChI=1S/C5H11O5P/c1-4(5(6)9-2)11(7,8)10-3/h4H,1-3H3,(H,7,8). The van der Waals surface area contributed by atoms with Crippen molar-refractivity contribution >= 4 is 13.6 Å². The van der Waals surface area contributed by atoms with E-state index < -0.39 is 19.2 Å². The quantitative estimate of drug-likeness (QED) is 0.504. The molecule has 6 heteroatoms. The molecule has 0 rings (SSSR count). The second-order valence-corrected chi connectivity index (χ2v) is 4.21. The molecule has 66 valence electrons. The maximum atomic E-state index is 10.9. The number of hydrogen-bond donors (Lipinski definition) is 1. The van der Waals surface area contributed by atoms with E-state index in [9.17, 15) is 9.36 Å². The number of ether oxygens (including phenoxy) is 1. The Morgan fingerprint density at radius 3 is 2.27 bits per heavy atom. The van der Waals surface area contributed by atoms with Crippen molar-refractivity contribution in [3.63, 3.8) is 0 Å². The largest absolute Gasteiger partial charge is 0.468 e. The molecule has 5 nitrogen and oxygen atoms in total. The zero-order valence-corrected chi connectivity index (χ0v) is 7.50. The van der Waals surface area contributed by atoms with Crippen molar-refractivity contribution in [2.75, 3.05) is 14.2 Å². The predicted molar refractivity (Wildman–Crippen MR) is 38.3 cm³/mol. The minimum atomic E-state index is -3.81. The molecule has 0 aromatic carbocycles. The third kappa shape index (κ3) is 2.61. The van der Waals surface area contributed by atoms with Crippen LogP contribution in [0.5, 0.6) is 0 Å². The molecule has 0 radical (unpaired) electrons. The maximum Gasteiger partial charge on any atom is 0.341 e. The number of esters is 1. The van der Waals surface area contributed by atoms with Crippen LogP contribution in [0.25, 0.3) is 0 Å². The molecule has 0 aliphatic heterocycles. The SMILES string of the molecule is COC(=O)C(C)P(=O)(O)OC. The summed E-state index contributed by atoms with van der Waals surface area (Å²) >= 11 is 0. The van der Waals surface area contributed by atoms with Gasteiger partial charge < -0.3 is 14.2 Å². The molecule has 0 bridgehead atoms. The van der Waals surface area contributed by atoms with Crippen LogP contribution in [0.2, 0.25) is 0 Å². The minimum Gasteiger partial charge on any atom is -0.468 e. The van der Waals surface area contributed by atoms with Crippen LogP contribution in [0.3, 0.4) is 0 Å². The fraction of sp³-hybridized carbons (Fsp3) is 0.800. The molecule has 2 unspecified atom stereocenters. The Morgan fingerprint density at radius 2 is 2.00 bits per heavy atom. The van der Waals surface area contributed by atoms with Crippen LogP contribution in [0, 0.1) is 0 Å². The van der Waals surface area contributed by atoms with Crippen molar-refractivity contribution in [3.05, 3.63) is 0 Å². The third-order valence-electron chi connectivity index (χ3n) is 1.29. The highest BCUT2D eigenvalue weighted by Crippen LogP contribution is 2.46. The van der Waals surface area contributed by atoms with Crippen LogP contribution in [-0.2, 0) is 18.6 Å². The normalized spacial score (nSPS) is 18.5. The van der Waals surface area contributed by atoms with E-state index in [0.29, 0.717) is 0 Å². The minimum absolute atomic E-state index is 0.752. The molecule has 0 aliphatic rings. The second kappa shape index (κ2) is 3.85. The summed E-state index contributed by atoms with van der Waals surface area (Å²) < 4.78 is 19.4. The molecular weight excluding hydrogens is 171 g/mol. The zero-order chi connectivity index (χ0) is 9.07. The number of carbonyl (C=O) groups excluding carboxylic acids is 1. The van der Waals surface area contributed by atoms with E-state index in [1.165, 1.54) is 6.92 Å². The van der Waals surface area contributed by atoms with Gasteiger partial charge in [0.1, 0.15) is 0 Å². The lowest BCUT2D eigenvalue weighted by molar-refractivity contribution is -0.140. The van der Waals surface area contributed by atoms with E-state index in [1.54, 1.807) is 0 Å². The number of methoxy groups -OCH3 is 1. The Morgan fingerprint density at radius 1 is 1.55 bits per heavy atom. The van der Waals surface area contributed by atoms with Crippen LogP contribution < -0.4 is 0 Å². The van der Waals surface area contributed by atoms with Gasteiger partial charge in [-0.15, -0.1) is 0 Å². The molecule has 1 N–H and O–H groups in total. The number of rotatable bonds is 3. The highest BCUT2D eigenvalue weighted by molar-refractivity contribution is 7.54. The number of hydrogen-bond acceptors (Lipinski definition) is 4. The van der Waals surface area contributed by atoms with Crippen molar-refractivity contribution in [1.29, 1.82) is 0 Å². The molecule has 0 aromatic heterocycles. The van der Waals surface area contributed by atoms with E-state index in [1.807, 2.05) is 0 Å². The third-order valence-corrected chi connectivity index (χ3v) is 3.01. The Labute approximate surface area is 64.8 Å². The Kier molecular flexibility index (Phi) is 3.72. The first kappa shape index (κ1) is 10.6. The molecule has 0 aliphatic carbocycles. The topological polar surface area (TPSA) is 72.8 Å². The van der Waals surface area contributed by atoms with Crippen molar-refractivity contribution in [2.24, 2.45) is 0 Å². The summed E-state index contributed by atoms with van der Waals surface area (Å²) in [4.78, 5) is 19.6. The maximum absolute atomic E-state index is 10.9. The van der Waals surface area contributed by atoms with Crippen LogP contribution in [0.15, 0.2) is 0 Å². The molecule has 0 saturated heterocycles. The molecule has 0 heterocycles. The van der Waals surface area contributed by atoms with Gasteiger partial charge in [0.2, 0.25) is 0 Å². The molecule has 0 amide bonds. The van der Waals surface area contributed by atoms with Gasteiger partial charge in [-0.2, -0.15) is 0 Å². The Balaban J connectivity index is 4.35. The Bertz CT molecular complexity index is 189. The Hall–Kier alpha value is -0.380. The van der Waals surface area contributed by atoms with Gasteiger partial charge >= 0.3 is 13.6 Å². The molecule has 2 atom stereocenters. The highest BCUT2D eigenvalue weighted by atomic mass is 31.2. The molecular formula is C5H11O5P. The van der Waals surface area contributed by atoms with Crippen LogP contribution in [0.1, 0.15) is 6.92 Å². The fourth-order valence-corrected chi connectivity index (χ4v) is 1.15. The van der Waals surface area contributed by atoms with Gasteiger partial charge in [0, 0.05) is 7.11 Å². The van der Waals surface area contributed by atoms with Gasteiger partial charge in [-0.25, -0.2) is 0 Å². The van der Waals surface area contributed by atoms with Crippen molar-refractivity contribution < 1.29 is 23.5 Å². The molecule has 0 aromatic rings. The highest BCUT2D eigenvalue weighted by Gasteiger charge is 2.34. The van der Waals surface area contributed by atoms with Crippen molar-refractivity contribution in [3.8, 4) is 0 Å². The van der Waals surface area contributed by atoms with E-state index in [2.05, 4.69) is 9.26 Å². The second-order valence-electron chi connectivity index (χ2n) is 1.95. The summed E-state index contributed by atoms with van der Waals surface area (Å²) in [6.45, 7) is 1.27. The average molecular weight is 182 g/mol. The molecule has 11 heavy (non-hydrogen) atoms. The van der Waals surface area contributed by atoms with Crippen LogP contribution in [-0.4, -0.2) is 30.7 Å². The predicted octanol–water partition coefficient (Wildman–Crippen LogP) is 0.380. The van der Waals surface area contributed by atoms with Gasteiger partial charge in [-0.1, -0.05) is 0 Å². The van der Waals surface area contributed by atoms with Gasteiger partial charge in [-0.3, -0.25) is 9.36 Å². The first-order valence-electron chi connectivity index (χ1n) is 2.91. The zero-order valence-electron chi connectivity index (χ0n) is 6.60.